The summed E-state index contributed by atoms with van der Waals surface area (Å²) in [6, 6.07) is 17.6. The van der Waals surface area contributed by atoms with Gasteiger partial charge in [-0.15, -0.1) is 0 Å². The van der Waals surface area contributed by atoms with Crippen LogP contribution in [0.25, 0.3) is 6.08 Å². The lowest BCUT2D eigenvalue weighted by Gasteiger charge is -2.27. The molecule has 4 heteroatoms. The highest BCUT2D eigenvalue weighted by atomic mass is 127. The lowest BCUT2D eigenvalue weighted by atomic mass is 9.75. The standard InChI is InChI=1S/C21H21IO3/c1-16(23)21(20(24)25-2,15-18-12-6-7-13-19(18)22)14-8-11-17-9-4-3-5-10-17/h3-13H,14-15H2,1-2H3/b11-8+. The summed E-state index contributed by atoms with van der Waals surface area (Å²) in [6.45, 7) is 1.46. The number of allylic oxidation sites excluding steroid dienone is 1. The van der Waals surface area contributed by atoms with Gasteiger partial charge in [0.15, 0.2) is 0 Å². The van der Waals surface area contributed by atoms with Crippen LogP contribution in [0.1, 0.15) is 24.5 Å². The molecule has 0 aromatic heterocycles. The summed E-state index contributed by atoms with van der Waals surface area (Å²) in [5.41, 5.74) is 0.789. The number of carbonyl (C=O) groups excluding carboxylic acids is 2. The van der Waals surface area contributed by atoms with Crippen LogP contribution in [-0.4, -0.2) is 18.9 Å². The van der Waals surface area contributed by atoms with Gasteiger partial charge in [-0.2, -0.15) is 0 Å². The molecule has 3 nitrogen and oxygen atoms in total. The van der Waals surface area contributed by atoms with Gasteiger partial charge in [0.25, 0.3) is 0 Å². The molecule has 0 saturated heterocycles. The van der Waals surface area contributed by atoms with Crippen LogP contribution in [-0.2, 0) is 20.7 Å². The van der Waals surface area contributed by atoms with E-state index in [1.807, 2.05) is 66.7 Å². The number of methoxy groups -OCH3 is 1. The summed E-state index contributed by atoms with van der Waals surface area (Å²) in [6.07, 6.45) is 4.43. The van der Waals surface area contributed by atoms with Crippen LogP contribution in [0.2, 0.25) is 0 Å². The summed E-state index contributed by atoms with van der Waals surface area (Å²) in [5, 5.41) is 0. The van der Waals surface area contributed by atoms with Crippen LogP contribution in [0.15, 0.2) is 60.7 Å². The lowest BCUT2D eigenvalue weighted by molar-refractivity contribution is -0.157. The van der Waals surface area contributed by atoms with E-state index in [0.717, 1.165) is 14.7 Å². The van der Waals surface area contributed by atoms with E-state index in [1.165, 1.54) is 14.0 Å². The third-order valence-corrected chi connectivity index (χ3v) is 5.33. The summed E-state index contributed by atoms with van der Waals surface area (Å²) in [4.78, 5) is 25.0. The molecule has 25 heavy (non-hydrogen) atoms. The van der Waals surface area contributed by atoms with Crippen molar-refractivity contribution in [3.05, 3.63) is 75.4 Å². The molecule has 0 amide bonds. The number of halogens is 1. The Labute approximate surface area is 162 Å². The van der Waals surface area contributed by atoms with Gasteiger partial charge in [-0.05, 0) is 59.5 Å². The van der Waals surface area contributed by atoms with Gasteiger partial charge >= 0.3 is 5.97 Å². The van der Waals surface area contributed by atoms with Crippen LogP contribution in [0.5, 0.6) is 0 Å². The Bertz CT molecular complexity index is 768. The zero-order valence-electron chi connectivity index (χ0n) is 14.4. The minimum absolute atomic E-state index is 0.184. The third kappa shape index (κ3) is 4.78. The highest BCUT2D eigenvalue weighted by Gasteiger charge is 2.43. The van der Waals surface area contributed by atoms with Gasteiger partial charge in [0.2, 0.25) is 0 Å². The Kier molecular flexibility index (Phi) is 6.93. The molecule has 0 aliphatic carbocycles. The van der Waals surface area contributed by atoms with Gasteiger partial charge in [-0.25, -0.2) is 0 Å². The SMILES string of the molecule is COC(=O)C(C/C=C/c1ccccc1)(Cc1ccccc1I)C(C)=O. The van der Waals surface area contributed by atoms with E-state index in [1.54, 1.807) is 0 Å². The Balaban J connectivity index is 2.34. The van der Waals surface area contributed by atoms with Crippen molar-refractivity contribution in [1.82, 2.24) is 0 Å². The van der Waals surface area contributed by atoms with Crippen LogP contribution in [0.3, 0.4) is 0 Å². The van der Waals surface area contributed by atoms with Crippen LogP contribution < -0.4 is 0 Å². The van der Waals surface area contributed by atoms with Gasteiger partial charge in [0.1, 0.15) is 11.2 Å². The Morgan fingerprint density at radius 2 is 1.72 bits per heavy atom. The van der Waals surface area contributed by atoms with Crippen molar-refractivity contribution in [3.63, 3.8) is 0 Å². The topological polar surface area (TPSA) is 43.4 Å². The second-order valence-corrected chi connectivity index (χ2v) is 7.08. The normalized spacial score (nSPS) is 13.4. The second-order valence-electron chi connectivity index (χ2n) is 5.92. The Hall–Kier alpha value is -1.95. The molecule has 2 aromatic rings. The van der Waals surface area contributed by atoms with Gasteiger partial charge in [0.05, 0.1) is 7.11 Å². The number of Topliss-reactive ketones (excluding diaryl/α,β-unsaturated/α-hetero) is 1. The molecule has 0 spiro atoms. The predicted molar refractivity (Wildman–Crippen MR) is 108 cm³/mol. The number of ketones is 1. The molecule has 0 fully saturated rings. The minimum Gasteiger partial charge on any atom is -0.468 e. The van der Waals surface area contributed by atoms with E-state index in [0.29, 0.717) is 12.8 Å². The summed E-state index contributed by atoms with van der Waals surface area (Å²) in [5.74, 6) is -0.672. The predicted octanol–water partition coefficient (Wildman–Crippen LogP) is 4.69. The fourth-order valence-corrected chi connectivity index (χ4v) is 3.34. The molecule has 1 atom stereocenters. The van der Waals surface area contributed by atoms with Crippen molar-refractivity contribution >= 4 is 40.4 Å². The first-order chi connectivity index (χ1) is 12.0. The van der Waals surface area contributed by atoms with Crippen molar-refractivity contribution in [3.8, 4) is 0 Å². The zero-order valence-corrected chi connectivity index (χ0v) is 16.5. The molecule has 0 bridgehead atoms. The number of esters is 1. The van der Waals surface area contributed by atoms with Gasteiger partial charge in [-0.3, -0.25) is 9.59 Å². The largest absolute Gasteiger partial charge is 0.468 e. The quantitative estimate of drug-likeness (QED) is 0.351. The smallest absolute Gasteiger partial charge is 0.320 e. The highest BCUT2D eigenvalue weighted by Crippen LogP contribution is 2.33. The van der Waals surface area contributed by atoms with E-state index in [4.69, 9.17) is 4.74 Å². The van der Waals surface area contributed by atoms with Crippen molar-refractivity contribution in [2.24, 2.45) is 5.41 Å². The lowest BCUT2D eigenvalue weighted by Crippen LogP contribution is -2.41. The maximum absolute atomic E-state index is 12.6. The number of hydrogen-bond donors (Lipinski definition) is 0. The average Bonchev–Trinajstić information content (AvgIpc) is 2.62. The molecule has 0 heterocycles. The second kappa shape index (κ2) is 8.94. The molecule has 2 aromatic carbocycles. The number of rotatable bonds is 7. The summed E-state index contributed by atoms with van der Waals surface area (Å²) < 4.78 is 6.03. The van der Waals surface area contributed by atoms with E-state index >= 15 is 0 Å². The number of benzene rings is 2. The average molecular weight is 448 g/mol. The van der Waals surface area contributed by atoms with Crippen molar-refractivity contribution < 1.29 is 14.3 Å². The molecule has 2 rings (SSSR count). The monoisotopic (exact) mass is 448 g/mol. The molecule has 0 radical (unpaired) electrons. The van der Waals surface area contributed by atoms with Crippen molar-refractivity contribution in [2.45, 2.75) is 19.8 Å². The third-order valence-electron chi connectivity index (χ3n) is 4.28. The van der Waals surface area contributed by atoms with Crippen LogP contribution in [0.4, 0.5) is 0 Å². The van der Waals surface area contributed by atoms with Crippen molar-refractivity contribution in [2.75, 3.05) is 7.11 Å². The van der Waals surface area contributed by atoms with Crippen LogP contribution in [0, 0.1) is 8.99 Å². The maximum atomic E-state index is 12.6. The minimum atomic E-state index is -1.21. The molecule has 1 unspecified atom stereocenters. The first-order valence-electron chi connectivity index (χ1n) is 8.04. The first-order valence-corrected chi connectivity index (χ1v) is 9.12. The maximum Gasteiger partial charge on any atom is 0.320 e. The van der Waals surface area contributed by atoms with Gasteiger partial charge < -0.3 is 4.74 Å². The van der Waals surface area contributed by atoms with E-state index in [-0.39, 0.29) is 5.78 Å². The van der Waals surface area contributed by atoms with Crippen LogP contribution >= 0.6 is 22.6 Å². The number of ether oxygens (including phenoxy) is 1. The summed E-state index contributed by atoms with van der Waals surface area (Å²) >= 11 is 2.22. The highest BCUT2D eigenvalue weighted by molar-refractivity contribution is 14.1. The molecular weight excluding hydrogens is 427 g/mol. The Morgan fingerprint density at radius 3 is 2.32 bits per heavy atom. The fourth-order valence-electron chi connectivity index (χ4n) is 2.76. The molecule has 130 valence electrons. The molecule has 0 aliphatic heterocycles. The van der Waals surface area contributed by atoms with E-state index in [2.05, 4.69) is 22.6 Å². The van der Waals surface area contributed by atoms with E-state index < -0.39 is 11.4 Å². The molecule has 0 N–H and O–H groups in total. The number of carbonyl (C=O) groups is 2. The molecule has 0 saturated carbocycles. The van der Waals surface area contributed by atoms with Crippen molar-refractivity contribution in [1.29, 1.82) is 0 Å². The fraction of sp³-hybridized carbons (Fsp3) is 0.238. The summed E-state index contributed by atoms with van der Waals surface area (Å²) in [7, 11) is 1.33. The van der Waals surface area contributed by atoms with E-state index in [9.17, 15) is 9.59 Å². The molecular formula is C21H21IO3. The van der Waals surface area contributed by atoms with Gasteiger partial charge in [-0.1, -0.05) is 60.7 Å². The Morgan fingerprint density at radius 1 is 1.08 bits per heavy atom. The zero-order chi connectivity index (χ0) is 18.3. The van der Waals surface area contributed by atoms with Gasteiger partial charge in [0, 0.05) is 3.57 Å². The number of hydrogen-bond acceptors (Lipinski definition) is 3. The first kappa shape index (κ1) is 19.4. The molecule has 0 aliphatic rings.